The molecule has 0 saturated heterocycles. The molecule has 0 aromatic heterocycles. The lowest BCUT2D eigenvalue weighted by Crippen LogP contribution is -2.28. The minimum absolute atomic E-state index is 0.259. The van der Waals surface area contributed by atoms with Crippen LogP contribution in [0, 0.1) is 25.5 Å². The van der Waals surface area contributed by atoms with E-state index in [9.17, 15) is 13.6 Å². The molecule has 2 aromatic rings. The maximum atomic E-state index is 13.7. The maximum absolute atomic E-state index is 13.7. The summed E-state index contributed by atoms with van der Waals surface area (Å²) >= 11 is 0. The van der Waals surface area contributed by atoms with Crippen molar-refractivity contribution in [2.24, 2.45) is 0 Å². The Morgan fingerprint density at radius 1 is 1.10 bits per heavy atom. The smallest absolute Gasteiger partial charge is 0.252 e. The molecule has 4 heteroatoms. The van der Waals surface area contributed by atoms with Crippen molar-refractivity contribution in [3.05, 3.63) is 70.3 Å². The standard InChI is InChI=1S/C17H17F2NO/c1-10-4-5-11(2)15(8-10)17(21)20-12(3)14-7-6-13(18)9-16(14)19/h4-9,12H,1-3H3,(H,20,21). The number of carbonyl (C=O) groups excluding carboxylic acids is 1. The summed E-state index contributed by atoms with van der Waals surface area (Å²) in [6, 6.07) is 8.38. The predicted molar refractivity (Wildman–Crippen MR) is 78.2 cm³/mol. The fourth-order valence-electron chi connectivity index (χ4n) is 2.19. The number of halogens is 2. The fourth-order valence-corrected chi connectivity index (χ4v) is 2.19. The van der Waals surface area contributed by atoms with E-state index in [0.717, 1.165) is 17.2 Å². The third-order valence-corrected chi connectivity index (χ3v) is 3.41. The molecule has 110 valence electrons. The normalized spacial score (nSPS) is 12.0. The number of nitrogens with one attached hydrogen (secondary N) is 1. The van der Waals surface area contributed by atoms with Crippen LogP contribution in [0.15, 0.2) is 36.4 Å². The summed E-state index contributed by atoms with van der Waals surface area (Å²) in [5.74, 6) is -1.57. The summed E-state index contributed by atoms with van der Waals surface area (Å²) in [5, 5.41) is 2.74. The van der Waals surface area contributed by atoms with Gasteiger partial charge in [0.2, 0.25) is 0 Å². The SMILES string of the molecule is Cc1ccc(C)c(C(=O)NC(C)c2ccc(F)cc2F)c1. The van der Waals surface area contributed by atoms with E-state index in [0.29, 0.717) is 5.56 Å². The first-order chi connectivity index (χ1) is 9.88. The topological polar surface area (TPSA) is 29.1 Å². The van der Waals surface area contributed by atoms with Crippen LogP contribution in [0.25, 0.3) is 0 Å². The van der Waals surface area contributed by atoms with E-state index >= 15 is 0 Å². The summed E-state index contributed by atoms with van der Waals surface area (Å²) in [6.45, 7) is 5.41. The Labute approximate surface area is 122 Å². The molecule has 0 bridgehead atoms. The van der Waals surface area contributed by atoms with Gasteiger partial charge in [-0.3, -0.25) is 4.79 Å². The quantitative estimate of drug-likeness (QED) is 0.906. The molecule has 0 spiro atoms. The zero-order chi connectivity index (χ0) is 15.6. The third-order valence-electron chi connectivity index (χ3n) is 3.41. The lowest BCUT2D eigenvalue weighted by atomic mass is 10.0. The summed E-state index contributed by atoms with van der Waals surface area (Å²) in [7, 11) is 0. The summed E-state index contributed by atoms with van der Waals surface area (Å²) in [6.07, 6.45) is 0. The highest BCUT2D eigenvalue weighted by Gasteiger charge is 2.16. The van der Waals surface area contributed by atoms with Gasteiger partial charge >= 0.3 is 0 Å². The zero-order valence-electron chi connectivity index (χ0n) is 12.2. The molecule has 21 heavy (non-hydrogen) atoms. The van der Waals surface area contributed by atoms with Gasteiger partial charge in [0.05, 0.1) is 6.04 Å². The number of hydrogen-bond donors (Lipinski definition) is 1. The Morgan fingerprint density at radius 3 is 2.48 bits per heavy atom. The Morgan fingerprint density at radius 2 is 1.81 bits per heavy atom. The molecule has 0 aliphatic rings. The number of aryl methyl sites for hydroxylation is 2. The predicted octanol–water partition coefficient (Wildman–Crippen LogP) is 4.07. The van der Waals surface area contributed by atoms with Crippen molar-refractivity contribution in [3.8, 4) is 0 Å². The lowest BCUT2D eigenvalue weighted by molar-refractivity contribution is 0.0938. The maximum Gasteiger partial charge on any atom is 0.252 e. The molecule has 0 aliphatic carbocycles. The van der Waals surface area contributed by atoms with Crippen LogP contribution in [-0.2, 0) is 0 Å². The van der Waals surface area contributed by atoms with Crippen molar-refractivity contribution in [1.29, 1.82) is 0 Å². The molecule has 0 saturated carbocycles. The Hall–Kier alpha value is -2.23. The first-order valence-corrected chi connectivity index (χ1v) is 6.71. The van der Waals surface area contributed by atoms with Gasteiger partial charge in [0, 0.05) is 17.2 Å². The van der Waals surface area contributed by atoms with Crippen LogP contribution < -0.4 is 5.32 Å². The van der Waals surface area contributed by atoms with Gasteiger partial charge in [-0.1, -0.05) is 23.8 Å². The number of hydrogen-bond acceptors (Lipinski definition) is 1. The molecule has 2 aromatic carbocycles. The van der Waals surface area contributed by atoms with Crippen LogP contribution in [0.4, 0.5) is 8.78 Å². The zero-order valence-corrected chi connectivity index (χ0v) is 12.2. The van der Waals surface area contributed by atoms with Crippen molar-refractivity contribution in [2.45, 2.75) is 26.8 Å². The van der Waals surface area contributed by atoms with Crippen LogP contribution in [0.1, 0.15) is 40.0 Å². The van der Waals surface area contributed by atoms with E-state index in [1.54, 1.807) is 13.0 Å². The molecule has 1 atom stereocenters. The van der Waals surface area contributed by atoms with Crippen molar-refractivity contribution in [2.75, 3.05) is 0 Å². The average Bonchev–Trinajstić information content (AvgIpc) is 2.41. The van der Waals surface area contributed by atoms with Crippen LogP contribution in [0.5, 0.6) is 0 Å². The second-order valence-corrected chi connectivity index (χ2v) is 5.18. The fraction of sp³-hybridized carbons (Fsp3) is 0.235. The minimum Gasteiger partial charge on any atom is -0.345 e. The Balaban J connectivity index is 2.20. The molecule has 2 nitrogen and oxygen atoms in total. The summed E-state index contributed by atoms with van der Waals surface area (Å²) in [5.41, 5.74) is 2.65. The number of benzene rings is 2. The van der Waals surface area contributed by atoms with E-state index < -0.39 is 17.7 Å². The summed E-state index contributed by atoms with van der Waals surface area (Å²) in [4.78, 5) is 12.3. The number of carbonyl (C=O) groups is 1. The summed E-state index contributed by atoms with van der Waals surface area (Å²) < 4.78 is 26.6. The highest BCUT2D eigenvalue weighted by atomic mass is 19.1. The van der Waals surface area contributed by atoms with E-state index in [2.05, 4.69) is 5.32 Å². The van der Waals surface area contributed by atoms with Crippen molar-refractivity contribution in [3.63, 3.8) is 0 Å². The highest BCUT2D eigenvalue weighted by molar-refractivity contribution is 5.96. The molecule has 0 fully saturated rings. The van der Waals surface area contributed by atoms with Gasteiger partial charge in [-0.15, -0.1) is 0 Å². The number of amides is 1. The highest BCUT2D eigenvalue weighted by Crippen LogP contribution is 2.19. The van der Waals surface area contributed by atoms with E-state index in [1.165, 1.54) is 12.1 Å². The molecule has 2 rings (SSSR count). The third kappa shape index (κ3) is 3.45. The van der Waals surface area contributed by atoms with E-state index in [-0.39, 0.29) is 11.5 Å². The van der Waals surface area contributed by atoms with Crippen LogP contribution in [-0.4, -0.2) is 5.91 Å². The van der Waals surface area contributed by atoms with Crippen LogP contribution >= 0.6 is 0 Å². The first kappa shape index (κ1) is 15.2. The Bertz CT molecular complexity index is 682. The molecular formula is C17H17F2NO. The van der Waals surface area contributed by atoms with Gasteiger partial charge in [-0.2, -0.15) is 0 Å². The van der Waals surface area contributed by atoms with Gasteiger partial charge in [-0.05, 0) is 38.5 Å². The van der Waals surface area contributed by atoms with Gasteiger partial charge < -0.3 is 5.32 Å². The molecule has 0 heterocycles. The molecule has 0 aliphatic heterocycles. The van der Waals surface area contributed by atoms with Gasteiger partial charge in [0.15, 0.2) is 0 Å². The molecule has 1 amide bonds. The minimum atomic E-state index is -0.663. The second-order valence-electron chi connectivity index (χ2n) is 5.18. The van der Waals surface area contributed by atoms with Gasteiger partial charge in [-0.25, -0.2) is 8.78 Å². The van der Waals surface area contributed by atoms with Crippen molar-refractivity contribution >= 4 is 5.91 Å². The largest absolute Gasteiger partial charge is 0.345 e. The lowest BCUT2D eigenvalue weighted by Gasteiger charge is -2.16. The van der Waals surface area contributed by atoms with Gasteiger partial charge in [0.1, 0.15) is 11.6 Å². The van der Waals surface area contributed by atoms with Crippen molar-refractivity contribution in [1.82, 2.24) is 5.32 Å². The molecule has 0 radical (unpaired) electrons. The monoisotopic (exact) mass is 289 g/mol. The van der Waals surface area contributed by atoms with Crippen LogP contribution in [0.3, 0.4) is 0 Å². The molecular weight excluding hydrogens is 272 g/mol. The number of rotatable bonds is 3. The average molecular weight is 289 g/mol. The van der Waals surface area contributed by atoms with Crippen molar-refractivity contribution < 1.29 is 13.6 Å². The second kappa shape index (κ2) is 6.04. The molecule has 1 unspecified atom stereocenters. The van der Waals surface area contributed by atoms with E-state index in [1.807, 2.05) is 26.0 Å². The first-order valence-electron chi connectivity index (χ1n) is 6.71. The van der Waals surface area contributed by atoms with Gasteiger partial charge in [0.25, 0.3) is 5.91 Å². The Kier molecular flexibility index (Phi) is 4.36. The van der Waals surface area contributed by atoms with E-state index in [4.69, 9.17) is 0 Å². The molecule has 1 N–H and O–H groups in total. The van der Waals surface area contributed by atoms with Crippen LogP contribution in [0.2, 0.25) is 0 Å².